The zero-order chi connectivity index (χ0) is 13.2. The Balaban J connectivity index is 1.95. The molecule has 0 saturated heterocycles. The van der Waals surface area contributed by atoms with E-state index in [1.54, 1.807) is 6.20 Å². The van der Waals surface area contributed by atoms with Gasteiger partial charge in [-0.1, -0.05) is 36.5 Å². The number of rotatable bonds is 2. The van der Waals surface area contributed by atoms with Crippen molar-refractivity contribution in [1.82, 2.24) is 4.98 Å². The van der Waals surface area contributed by atoms with Crippen LogP contribution in [0.5, 0.6) is 0 Å². The molecule has 2 N–H and O–H groups in total. The lowest BCUT2D eigenvalue weighted by molar-refractivity contribution is 0.729. The van der Waals surface area contributed by atoms with E-state index in [4.69, 9.17) is 18.0 Å². The molecule has 0 aliphatic carbocycles. The second-order valence-electron chi connectivity index (χ2n) is 4.68. The van der Waals surface area contributed by atoms with Crippen LogP contribution in [0.25, 0.3) is 0 Å². The van der Waals surface area contributed by atoms with Gasteiger partial charge < -0.3 is 10.6 Å². The second kappa shape index (κ2) is 4.97. The quantitative estimate of drug-likeness (QED) is 0.849. The molecule has 2 heterocycles. The molecule has 96 valence electrons. The van der Waals surface area contributed by atoms with Crippen LogP contribution in [0, 0.1) is 0 Å². The van der Waals surface area contributed by atoms with E-state index in [0.717, 1.165) is 30.9 Å². The summed E-state index contributed by atoms with van der Waals surface area (Å²) in [5.74, 6) is 0. The van der Waals surface area contributed by atoms with Crippen molar-refractivity contribution in [2.75, 3.05) is 11.4 Å². The highest BCUT2D eigenvalue weighted by Crippen LogP contribution is 2.26. The highest BCUT2D eigenvalue weighted by molar-refractivity contribution is 7.80. The molecule has 1 aromatic heterocycles. The Morgan fingerprint density at radius 2 is 1.95 bits per heavy atom. The van der Waals surface area contributed by atoms with Gasteiger partial charge in [-0.2, -0.15) is 0 Å². The zero-order valence-electron chi connectivity index (χ0n) is 10.5. The number of anilines is 1. The molecule has 1 aliphatic heterocycles. The zero-order valence-corrected chi connectivity index (χ0v) is 11.4. The lowest BCUT2D eigenvalue weighted by Gasteiger charge is -2.31. The van der Waals surface area contributed by atoms with E-state index in [1.165, 1.54) is 11.1 Å². The van der Waals surface area contributed by atoms with E-state index < -0.39 is 0 Å². The Hall–Kier alpha value is -1.94. The molecule has 0 spiro atoms. The highest BCUT2D eigenvalue weighted by atomic mass is 32.1. The maximum Gasteiger partial charge on any atom is 0.124 e. The Bertz CT molecular complexity index is 624. The molecular weight excluding hydrogens is 254 g/mol. The summed E-state index contributed by atoms with van der Waals surface area (Å²) in [5.41, 5.74) is 10.3. The van der Waals surface area contributed by atoms with Crippen LogP contribution in [0.15, 0.2) is 42.6 Å². The van der Waals surface area contributed by atoms with Gasteiger partial charge in [0, 0.05) is 19.3 Å². The lowest BCUT2D eigenvalue weighted by atomic mass is 9.99. The molecule has 0 saturated carbocycles. The van der Waals surface area contributed by atoms with Crippen LogP contribution in [-0.4, -0.2) is 16.5 Å². The summed E-state index contributed by atoms with van der Waals surface area (Å²) in [6.45, 7) is 1.86. The van der Waals surface area contributed by atoms with E-state index in [2.05, 4.69) is 34.1 Å². The maximum atomic E-state index is 5.76. The molecule has 0 bridgehead atoms. The number of hydrogen-bond acceptors (Lipinski definition) is 3. The third-order valence-electron chi connectivity index (χ3n) is 3.49. The summed E-state index contributed by atoms with van der Waals surface area (Å²) < 4.78 is 0. The fourth-order valence-corrected chi connectivity index (χ4v) is 2.70. The highest BCUT2D eigenvalue weighted by Gasteiger charge is 2.19. The Labute approximate surface area is 118 Å². The number of nitrogens with two attached hydrogens (primary N) is 1. The summed E-state index contributed by atoms with van der Waals surface area (Å²) in [6.07, 6.45) is 2.78. The monoisotopic (exact) mass is 269 g/mol. The Morgan fingerprint density at radius 3 is 2.74 bits per heavy atom. The first-order valence-electron chi connectivity index (χ1n) is 6.32. The molecule has 0 radical (unpaired) electrons. The van der Waals surface area contributed by atoms with Crippen LogP contribution in [0.1, 0.15) is 16.8 Å². The number of fused-ring (bicyclic) bond motifs is 1. The van der Waals surface area contributed by atoms with Gasteiger partial charge in [0.25, 0.3) is 0 Å². The average Bonchev–Trinajstić information content (AvgIpc) is 2.46. The minimum Gasteiger partial charge on any atom is -0.388 e. The van der Waals surface area contributed by atoms with Crippen LogP contribution < -0.4 is 10.6 Å². The van der Waals surface area contributed by atoms with Crippen molar-refractivity contribution in [3.63, 3.8) is 0 Å². The van der Waals surface area contributed by atoms with Crippen molar-refractivity contribution >= 4 is 22.9 Å². The second-order valence-corrected chi connectivity index (χ2v) is 5.12. The van der Waals surface area contributed by atoms with Crippen LogP contribution >= 0.6 is 12.2 Å². The molecule has 4 heteroatoms. The molecule has 0 fully saturated rings. The first-order valence-corrected chi connectivity index (χ1v) is 6.73. The van der Waals surface area contributed by atoms with Crippen LogP contribution in [0.4, 0.5) is 5.69 Å². The van der Waals surface area contributed by atoms with Crippen molar-refractivity contribution in [2.24, 2.45) is 5.73 Å². The van der Waals surface area contributed by atoms with Gasteiger partial charge in [0.15, 0.2) is 0 Å². The fraction of sp³-hybridized carbons (Fsp3) is 0.200. The first-order chi connectivity index (χ1) is 9.25. The number of aromatic nitrogens is 1. The van der Waals surface area contributed by atoms with E-state index in [1.807, 2.05) is 12.1 Å². The van der Waals surface area contributed by atoms with E-state index in [-0.39, 0.29) is 0 Å². The van der Waals surface area contributed by atoms with Crippen LogP contribution in [0.2, 0.25) is 0 Å². The van der Waals surface area contributed by atoms with Gasteiger partial charge in [-0.05, 0) is 29.7 Å². The summed E-state index contributed by atoms with van der Waals surface area (Å²) in [6, 6.07) is 12.5. The molecule has 3 nitrogen and oxygen atoms in total. The molecule has 0 amide bonds. The number of nitrogens with zero attached hydrogens (tertiary/aromatic N) is 2. The van der Waals surface area contributed by atoms with Crippen LogP contribution in [-0.2, 0) is 13.0 Å². The molecular formula is C15H15N3S. The predicted octanol–water partition coefficient (Wildman–Crippen LogP) is 2.28. The van der Waals surface area contributed by atoms with E-state index in [9.17, 15) is 0 Å². The van der Waals surface area contributed by atoms with Gasteiger partial charge in [-0.15, -0.1) is 0 Å². The van der Waals surface area contributed by atoms with Gasteiger partial charge in [0.2, 0.25) is 0 Å². The number of benzene rings is 1. The topological polar surface area (TPSA) is 42.1 Å². The first kappa shape index (κ1) is 12.1. The molecule has 2 aromatic rings. The van der Waals surface area contributed by atoms with Crippen molar-refractivity contribution in [3.8, 4) is 0 Å². The van der Waals surface area contributed by atoms with Crippen molar-refractivity contribution in [1.29, 1.82) is 0 Å². The van der Waals surface area contributed by atoms with Crippen molar-refractivity contribution < 1.29 is 0 Å². The average molecular weight is 269 g/mol. The SMILES string of the molecule is NC(=S)c1ncccc1N1CCc2ccccc2C1. The van der Waals surface area contributed by atoms with Gasteiger partial charge in [-0.3, -0.25) is 4.98 Å². The maximum absolute atomic E-state index is 5.76. The normalized spacial score (nSPS) is 14.0. The minimum atomic E-state index is 0.356. The third kappa shape index (κ3) is 2.31. The lowest BCUT2D eigenvalue weighted by Crippen LogP contribution is -2.32. The summed E-state index contributed by atoms with van der Waals surface area (Å²) in [5, 5.41) is 0. The van der Waals surface area contributed by atoms with Crippen LogP contribution in [0.3, 0.4) is 0 Å². The molecule has 1 aromatic carbocycles. The van der Waals surface area contributed by atoms with Crippen molar-refractivity contribution in [2.45, 2.75) is 13.0 Å². The number of hydrogen-bond donors (Lipinski definition) is 1. The van der Waals surface area contributed by atoms with Gasteiger partial charge >= 0.3 is 0 Å². The summed E-state index contributed by atoms with van der Waals surface area (Å²) in [7, 11) is 0. The standard InChI is InChI=1S/C15H15N3S/c16-15(19)14-13(6-3-8-17-14)18-9-7-11-4-1-2-5-12(11)10-18/h1-6,8H,7,9-10H2,(H2,16,19). The van der Waals surface area contributed by atoms with E-state index in [0.29, 0.717) is 4.99 Å². The third-order valence-corrected chi connectivity index (χ3v) is 3.68. The predicted molar refractivity (Wildman–Crippen MR) is 81.3 cm³/mol. The van der Waals surface area contributed by atoms with Gasteiger partial charge in [-0.25, -0.2) is 0 Å². The Kier molecular flexibility index (Phi) is 3.17. The number of pyridine rings is 1. The smallest absolute Gasteiger partial charge is 0.124 e. The number of thiocarbonyl (C=S) groups is 1. The molecule has 0 unspecified atom stereocenters. The molecule has 0 atom stereocenters. The fourth-order valence-electron chi connectivity index (χ4n) is 2.54. The summed E-state index contributed by atoms with van der Waals surface area (Å²) in [4.78, 5) is 6.95. The van der Waals surface area contributed by atoms with E-state index >= 15 is 0 Å². The molecule has 19 heavy (non-hydrogen) atoms. The molecule has 1 aliphatic rings. The summed E-state index contributed by atoms with van der Waals surface area (Å²) >= 11 is 5.09. The van der Waals surface area contributed by atoms with Gasteiger partial charge in [0.05, 0.1) is 5.69 Å². The molecule has 3 rings (SSSR count). The van der Waals surface area contributed by atoms with Crippen molar-refractivity contribution in [3.05, 3.63) is 59.4 Å². The minimum absolute atomic E-state index is 0.356. The largest absolute Gasteiger partial charge is 0.388 e. The van der Waals surface area contributed by atoms with Gasteiger partial charge in [0.1, 0.15) is 10.7 Å². The Morgan fingerprint density at radius 1 is 1.16 bits per heavy atom.